The number of ether oxygens (including phenoxy) is 1. The monoisotopic (exact) mass is 425 g/mol. The first kappa shape index (κ1) is 20.5. The maximum Gasteiger partial charge on any atom is 0.266 e. The Hall–Kier alpha value is -3.20. The molecule has 3 rings (SSSR count). The molecule has 29 heavy (non-hydrogen) atoms. The molecule has 1 amide bonds. The fourth-order valence-corrected chi connectivity index (χ4v) is 3.12. The number of nitriles is 1. The van der Waals surface area contributed by atoms with E-state index in [2.05, 4.69) is 5.32 Å². The SMILES string of the molecule is COc1ccc(-n2c(C)ccc2/C=C(/C#N)C(=O)Nc2ccc(Cl)c(Cl)c2)cc1. The summed E-state index contributed by atoms with van der Waals surface area (Å²) in [5.41, 5.74) is 2.97. The number of amides is 1. The first-order chi connectivity index (χ1) is 13.9. The van der Waals surface area contributed by atoms with E-state index in [0.29, 0.717) is 21.4 Å². The molecule has 0 spiro atoms. The van der Waals surface area contributed by atoms with Crippen molar-refractivity contribution in [2.24, 2.45) is 0 Å². The summed E-state index contributed by atoms with van der Waals surface area (Å²) >= 11 is 11.9. The number of hydrogen-bond donors (Lipinski definition) is 1. The van der Waals surface area contributed by atoms with Crippen LogP contribution in [0.4, 0.5) is 5.69 Å². The number of anilines is 1. The summed E-state index contributed by atoms with van der Waals surface area (Å²) in [6.07, 6.45) is 1.55. The highest BCUT2D eigenvalue weighted by molar-refractivity contribution is 6.42. The van der Waals surface area contributed by atoms with Gasteiger partial charge in [-0.3, -0.25) is 4.79 Å². The Kier molecular flexibility index (Phi) is 6.28. The van der Waals surface area contributed by atoms with Crippen LogP contribution in [0.2, 0.25) is 10.0 Å². The van der Waals surface area contributed by atoms with Crippen molar-refractivity contribution < 1.29 is 9.53 Å². The number of benzene rings is 2. The lowest BCUT2D eigenvalue weighted by Gasteiger charge is -2.11. The first-order valence-electron chi connectivity index (χ1n) is 8.64. The average molecular weight is 426 g/mol. The zero-order valence-corrected chi connectivity index (χ0v) is 17.3. The highest BCUT2D eigenvalue weighted by atomic mass is 35.5. The normalized spacial score (nSPS) is 11.1. The van der Waals surface area contributed by atoms with Crippen molar-refractivity contribution in [3.05, 3.63) is 81.6 Å². The van der Waals surface area contributed by atoms with E-state index in [-0.39, 0.29) is 5.57 Å². The minimum absolute atomic E-state index is 0.0380. The molecule has 1 N–H and O–H groups in total. The fourth-order valence-electron chi connectivity index (χ4n) is 2.82. The second-order valence-electron chi connectivity index (χ2n) is 6.19. The Morgan fingerprint density at radius 3 is 2.45 bits per heavy atom. The number of hydrogen-bond acceptors (Lipinski definition) is 3. The molecule has 0 saturated carbocycles. The van der Waals surface area contributed by atoms with Crippen LogP contribution >= 0.6 is 23.2 Å². The number of methoxy groups -OCH3 is 1. The molecule has 3 aromatic rings. The van der Waals surface area contributed by atoms with Crippen LogP contribution in [0.3, 0.4) is 0 Å². The predicted octanol–water partition coefficient (Wildman–Crippen LogP) is 5.65. The van der Waals surface area contributed by atoms with Gasteiger partial charge in [0, 0.05) is 22.8 Å². The number of rotatable bonds is 5. The Morgan fingerprint density at radius 2 is 1.83 bits per heavy atom. The van der Waals surface area contributed by atoms with Gasteiger partial charge < -0.3 is 14.6 Å². The van der Waals surface area contributed by atoms with E-state index in [1.807, 2.05) is 54.0 Å². The lowest BCUT2D eigenvalue weighted by atomic mass is 10.2. The molecule has 1 aromatic heterocycles. The third-order valence-corrected chi connectivity index (χ3v) is 5.01. The molecule has 0 fully saturated rings. The van der Waals surface area contributed by atoms with Crippen molar-refractivity contribution in [2.45, 2.75) is 6.92 Å². The van der Waals surface area contributed by atoms with E-state index in [9.17, 15) is 10.1 Å². The van der Waals surface area contributed by atoms with Crippen LogP contribution in [0, 0.1) is 18.3 Å². The molecule has 0 aliphatic carbocycles. The molecule has 0 aliphatic heterocycles. The van der Waals surface area contributed by atoms with Crippen LogP contribution < -0.4 is 10.1 Å². The smallest absolute Gasteiger partial charge is 0.266 e. The van der Waals surface area contributed by atoms with Gasteiger partial charge in [-0.25, -0.2) is 0 Å². The van der Waals surface area contributed by atoms with Crippen LogP contribution in [0.5, 0.6) is 5.75 Å². The maximum absolute atomic E-state index is 12.6. The van der Waals surface area contributed by atoms with Crippen LogP contribution in [0.25, 0.3) is 11.8 Å². The minimum atomic E-state index is -0.536. The second kappa shape index (κ2) is 8.87. The maximum atomic E-state index is 12.6. The Morgan fingerprint density at radius 1 is 1.10 bits per heavy atom. The van der Waals surface area contributed by atoms with Gasteiger partial charge in [0.05, 0.1) is 17.2 Å². The molecule has 0 bridgehead atoms. The van der Waals surface area contributed by atoms with Crippen molar-refractivity contribution in [3.8, 4) is 17.5 Å². The van der Waals surface area contributed by atoms with Crippen LogP contribution in [-0.2, 0) is 4.79 Å². The molecule has 146 valence electrons. The van der Waals surface area contributed by atoms with E-state index >= 15 is 0 Å². The summed E-state index contributed by atoms with van der Waals surface area (Å²) in [6, 6.07) is 18.0. The highest BCUT2D eigenvalue weighted by Gasteiger charge is 2.13. The second-order valence-corrected chi connectivity index (χ2v) is 7.00. The molecule has 1 heterocycles. The van der Waals surface area contributed by atoms with E-state index < -0.39 is 5.91 Å². The molecule has 0 radical (unpaired) electrons. The molecule has 7 heteroatoms. The van der Waals surface area contributed by atoms with E-state index in [1.54, 1.807) is 25.3 Å². The van der Waals surface area contributed by atoms with Crippen molar-refractivity contribution in [1.29, 1.82) is 5.26 Å². The zero-order valence-electron chi connectivity index (χ0n) is 15.7. The molecular formula is C22H17Cl2N3O2. The third-order valence-electron chi connectivity index (χ3n) is 4.27. The van der Waals surface area contributed by atoms with Gasteiger partial charge in [0.1, 0.15) is 17.4 Å². The topological polar surface area (TPSA) is 67.0 Å². The number of nitrogens with zero attached hydrogens (tertiary/aromatic N) is 2. The van der Waals surface area contributed by atoms with E-state index in [4.69, 9.17) is 27.9 Å². The minimum Gasteiger partial charge on any atom is -0.497 e. The van der Waals surface area contributed by atoms with Crippen molar-refractivity contribution in [1.82, 2.24) is 4.57 Å². The summed E-state index contributed by atoms with van der Waals surface area (Å²) in [4.78, 5) is 12.6. The third kappa shape index (κ3) is 4.62. The molecule has 0 atom stereocenters. The quantitative estimate of drug-likeness (QED) is 0.424. The molecule has 0 aliphatic rings. The van der Waals surface area contributed by atoms with E-state index in [0.717, 1.165) is 17.1 Å². The van der Waals surface area contributed by atoms with Crippen LogP contribution in [0.15, 0.2) is 60.2 Å². The number of nitrogens with one attached hydrogen (secondary N) is 1. The largest absolute Gasteiger partial charge is 0.497 e. The lowest BCUT2D eigenvalue weighted by Crippen LogP contribution is -2.13. The van der Waals surface area contributed by atoms with Gasteiger partial charge in [-0.2, -0.15) is 5.26 Å². The predicted molar refractivity (Wildman–Crippen MR) is 116 cm³/mol. The van der Waals surface area contributed by atoms with Crippen molar-refractivity contribution in [3.63, 3.8) is 0 Å². The molecule has 5 nitrogen and oxygen atoms in total. The first-order valence-corrected chi connectivity index (χ1v) is 9.39. The van der Waals surface area contributed by atoms with Gasteiger partial charge in [0.15, 0.2) is 0 Å². The summed E-state index contributed by atoms with van der Waals surface area (Å²) in [5, 5.41) is 12.9. The number of aryl methyl sites for hydroxylation is 1. The van der Waals surface area contributed by atoms with Gasteiger partial charge in [-0.15, -0.1) is 0 Å². The van der Waals surface area contributed by atoms with Crippen molar-refractivity contribution in [2.75, 3.05) is 12.4 Å². The van der Waals surface area contributed by atoms with Gasteiger partial charge in [-0.1, -0.05) is 23.2 Å². The summed E-state index contributed by atoms with van der Waals surface area (Å²) < 4.78 is 7.15. The van der Waals surface area contributed by atoms with Crippen molar-refractivity contribution >= 4 is 40.9 Å². The highest BCUT2D eigenvalue weighted by Crippen LogP contribution is 2.26. The average Bonchev–Trinajstić information content (AvgIpc) is 3.09. The van der Waals surface area contributed by atoms with Crippen LogP contribution in [0.1, 0.15) is 11.4 Å². The number of aromatic nitrogens is 1. The number of carbonyl (C=O) groups excluding carboxylic acids is 1. The number of carbonyl (C=O) groups is 1. The molecule has 2 aromatic carbocycles. The summed E-state index contributed by atoms with van der Waals surface area (Å²) in [5.74, 6) is 0.209. The Balaban J connectivity index is 1.92. The van der Waals surface area contributed by atoms with E-state index in [1.165, 1.54) is 6.07 Å². The van der Waals surface area contributed by atoms with Gasteiger partial charge in [0.2, 0.25) is 0 Å². The standard InChI is InChI=1S/C22H17Cl2N3O2/c1-14-3-5-18(27(14)17-6-8-19(29-2)9-7-17)11-15(13-25)22(28)26-16-4-10-20(23)21(24)12-16/h3-12H,1-2H3,(H,26,28)/b15-11-. The van der Waals surface area contributed by atoms with Crippen LogP contribution in [-0.4, -0.2) is 17.6 Å². The molecular weight excluding hydrogens is 409 g/mol. The Labute approximate surface area is 178 Å². The van der Waals surface area contributed by atoms with Gasteiger partial charge >= 0.3 is 0 Å². The molecule has 0 saturated heterocycles. The van der Waals surface area contributed by atoms with Gasteiger partial charge in [-0.05, 0) is 67.6 Å². The fraction of sp³-hybridized carbons (Fsp3) is 0.0909. The Bertz CT molecular complexity index is 1130. The lowest BCUT2D eigenvalue weighted by molar-refractivity contribution is -0.112. The summed E-state index contributed by atoms with van der Waals surface area (Å²) in [7, 11) is 1.61. The van der Waals surface area contributed by atoms with Gasteiger partial charge in [0.25, 0.3) is 5.91 Å². The zero-order chi connectivity index (χ0) is 21.0. The molecule has 0 unspecified atom stereocenters. The summed E-state index contributed by atoms with van der Waals surface area (Å²) in [6.45, 7) is 1.95. The number of halogens is 2.